The van der Waals surface area contributed by atoms with Crippen molar-refractivity contribution in [3.8, 4) is 0 Å². The second kappa shape index (κ2) is 3.50. The van der Waals surface area contributed by atoms with E-state index in [4.69, 9.17) is 10.8 Å². The van der Waals surface area contributed by atoms with Crippen molar-refractivity contribution in [3.63, 3.8) is 0 Å². The van der Waals surface area contributed by atoms with Gasteiger partial charge in [0.15, 0.2) is 0 Å². The highest BCUT2D eigenvalue weighted by Crippen LogP contribution is 2.01. The van der Waals surface area contributed by atoms with Crippen LogP contribution in [0.3, 0.4) is 0 Å². The zero-order valence-electron chi connectivity index (χ0n) is 6.62. The molecule has 0 saturated heterocycles. The van der Waals surface area contributed by atoms with Crippen LogP contribution in [0.25, 0.3) is 0 Å². The van der Waals surface area contributed by atoms with E-state index in [1.165, 1.54) is 0 Å². The van der Waals surface area contributed by atoms with E-state index >= 15 is 0 Å². The van der Waals surface area contributed by atoms with E-state index in [9.17, 15) is 0 Å². The van der Waals surface area contributed by atoms with E-state index in [1.807, 2.05) is 13.1 Å². The lowest BCUT2D eigenvalue weighted by atomic mass is 10.3. The molecule has 0 aliphatic carbocycles. The Balaban J connectivity index is 2.77. The standard InChI is InChI=1S/C7H13N3O/c1-10-7(5-8)4-6(9-10)2-3-11/h4,11H,2-3,5,8H2,1H3. The Bertz CT molecular complexity index is 232. The molecule has 0 atom stereocenters. The number of hydrogen-bond donors (Lipinski definition) is 2. The highest BCUT2D eigenvalue weighted by atomic mass is 16.3. The number of aliphatic hydroxyl groups excluding tert-OH is 1. The Morgan fingerprint density at radius 2 is 2.45 bits per heavy atom. The Kier molecular flexibility index (Phi) is 2.62. The van der Waals surface area contributed by atoms with Gasteiger partial charge in [-0.1, -0.05) is 0 Å². The molecule has 0 saturated carbocycles. The lowest BCUT2D eigenvalue weighted by Gasteiger charge is -1.93. The Morgan fingerprint density at radius 3 is 2.91 bits per heavy atom. The average molecular weight is 155 g/mol. The zero-order chi connectivity index (χ0) is 8.27. The molecule has 0 aromatic carbocycles. The van der Waals surface area contributed by atoms with Gasteiger partial charge in [0.1, 0.15) is 0 Å². The molecule has 3 N–H and O–H groups in total. The second-order valence-corrected chi connectivity index (χ2v) is 2.43. The molecule has 0 aliphatic rings. The molecule has 0 radical (unpaired) electrons. The maximum atomic E-state index is 8.61. The second-order valence-electron chi connectivity index (χ2n) is 2.43. The van der Waals surface area contributed by atoms with Crippen molar-refractivity contribution in [3.05, 3.63) is 17.5 Å². The van der Waals surface area contributed by atoms with Crippen molar-refractivity contribution in [1.29, 1.82) is 0 Å². The minimum absolute atomic E-state index is 0.140. The third kappa shape index (κ3) is 1.78. The van der Waals surface area contributed by atoms with Gasteiger partial charge in [0.25, 0.3) is 0 Å². The predicted molar refractivity (Wildman–Crippen MR) is 41.9 cm³/mol. The fourth-order valence-electron chi connectivity index (χ4n) is 0.999. The van der Waals surface area contributed by atoms with Gasteiger partial charge >= 0.3 is 0 Å². The molecule has 1 aromatic rings. The van der Waals surface area contributed by atoms with Gasteiger partial charge in [-0.05, 0) is 6.07 Å². The van der Waals surface area contributed by atoms with Crippen molar-refractivity contribution >= 4 is 0 Å². The Hall–Kier alpha value is -0.870. The normalized spacial score (nSPS) is 10.5. The number of nitrogens with two attached hydrogens (primary N) is 1. The van der Waals surface area contributed by atoms with E-state index in [1.54, 1.807) is 4.68 Å². The van der Waals surface area contributed by atoms with Crippen LogP contribution in [0.5, 0.6) is 0 Å². The fourth-order valence-corrected chi connectivity index (χ4v) is 0.999. The first-order valence-corrected chi connectivity index (χ1v) is 3.60. The summed E-state index contributed by atoms with van der Waals surface area (Å²) in [5.74, 6) is 0. The van der Waals surface area contributed by atoms with E-state index in [-0.39, 0.29) is 6.61 Å². The van der Waals surface area contributed by atoms with Gasteiger partial charge < -0.3 is 10.8 Å². The molecule has 0 aliphatic heterocycles. The summed E-state index contributed by atoms with van der Waals surface area (Å²) in [5, 5.41) is 12.8. The van der Waals surface area contributed by atoms with Crippen LogP contribution in [0, 0.1) is 0 Å². The van der Waals surface area contributed by atoms with Gasteiger partial charge in [-0.2, -0.15) is 5.10 Å². The van der Waals surface area contributed by atoms with E-state index in [0.29, 0.717) is 13.0 Å². The van der Waals surface area contributed by atoms with Crippen molar-refractivity contribution in [2.75, 3.05) is 6.61 Å². The van der Waals surface area contributed by atoms with Gasteiger partial charge in [0.2, 0.25) is 0 Å². The van der Waals surface area contributed by atoms with E-state index in [0.717, 1.165) is 11.4 Å². The first kappa shape index (κ1) is 8.23. The number of nitrogens with zero attached hydrogens (tertiary/aromatic N) is 2. The van der Waals surface area contributed by atoms with Crippen LogP contribution < -0.4 is 5.73 Å². The maximum absolute atomic E-state index is 8.61. The van der Waals surface area contributed by atoms with Gasteiger partial charge in [0.05, 0.1) is 11.4 Å². The van der Waals surface area contributed by atoms with Gasteiger partial charge in [-0.3, -0.25) is 4.68 Å². The molecule has 0 unspecified atom stereocenters. The maximum Gasteiger partial charge on any atom is 0.0650 e. The molecule has 1 heterocycles. The van der Waals surface area contributed by atoms with Gasteiger partial charge in [-0.15, -0.1) is 0 Å². The molecule has 1 aromatic heterocycles. The van der Waals surface area contributed by atoms with Crippen molar-refractivity contribution in [2.24, 2.45) is 12.8 Å². The third-order valence-corrected chi connectivity index (χ3v) is 1.60. The Labute approximate surface area is 65.6 Å². The van der Waals surface area contributed by atoms with Gasteiger partial charge in [-0.25, -0.2) is 0 Å². The van der Waals surface area contributed by atoms with Crippen molar-refractivity contribution < 1.29 is 5.11 Å². The molecule has 0 bridgehead atoms. The minimum Gasteiger partial charge on any atom is -0.396 e. The minimum atomic E-state index is 0.140. The molecule has 11 heavy (non-hydrogen) atoms. The molecule has 4 heteroatoms. The zero-order valence-corrected chi connectivity index (χ0v) is 6.62. The van der Waals surface area contributed by atoms with Crippen LogP contribution in [-0.2, 0) is 20.0 Å². The molecule has 0 fully saturated rings. The van der Waals surface area contributed by atoms with Crippen molar-refractivity contribution in [1.82, 2.24) is 9.78 Å². The first-order valence-electron chi connectivity index (χ1n) is 3.60. The molecule has 4 nitrogen and oxygen atoms in total. The summed E-state index contributed by atoms with van der Waals surface area (Å²) < 4.78 is 1.74. The van der Waals surface area contributed by atoms with Crippen LogP contribution in [0.1, 0.15) is 11.4 Å². The summed E-state index contributed by atoms with van der Waals surface area (Å²) in [7, 11) is 1.85. The third-order valence-electron chi connectivity index (χ3n) is 1.60. The molecular weight excluding hydrogens is 142 g/mol. The average Bonchev–Trinajstić information content (AvgIpc) is 2.32. The van der Waals surface area contributed by atoms with E-state index < -0.39 is 0 Å². The highest BCUT2D eigenvalue weighted by molar-refractivity contribution is 5.09. The molecule has 62 valence electrons. The van der Waals surface area contributed by atoms with Crippen LogP contribution in [-0.4, -0.2) is 21.5 Å². The van der Waals surface area contributed by atoms with Crippen LogP contribution >= 0.6 is 0 Å². The topological polar surface area (TPSA) is 64.1 Å². The summed E-state index contributed by atoms with van der Waals surface area (Å²) in [6.07, 6.45) is 0.605. The molecule has 0 spiro atoms. The fraction of sp³-hybridized carbons (Fsp3) is 0.571. The van der Waals surface area contributed by atoms with Crippen LogP contribution in [0.15, 0.2) is 6.07 Å². The SMILES string of the molecule is Cn1nc(CCO)cc1CN. The number of hydrogen-bond acceptors (Lipinski definition) is 3. The smallest absolute Gasteiger partial charge is 0.0650 e. The number of aryl methyl sites for hydroxylation is 1. The Morgan fingerprint density at radius 1 is 1.73 bits per heavy atom. The first-order chi connectivity index (χ1) is 5.27. The number of aromatic nitrogens is 2. The van der Waals surface area contributed by atoms with Gasteiger partial charge in [0, 0.05) is 26.6 Å². The largest absolute Gasteiger partial charge is 0.396 e. The number of aliphatic hydroxyl groups is 1. The summed E-state index contributed by atoms with van der Waals surface area (Å²) in [4.78, 5) is 0. The van der Waals surface area contributed by atoms with Crippen LogP contribution in [0.2, 0.25) is 0 Å². The molecule has 0 amide bonds. The lowest BCUT2D eigenvalue weighted by Crippen LogP contribution is -2.03. The highest BCUT2D eigenvalue weighted by Gasteiger charge is 2.01. The summed E-state index contributed by atoms with van der Waals surface area (Å²) in [6.45, 7) is 0.635. The predicted octanol–water partition coefficient (Wildman–Crippen LogP) is -0.586. The summed E-state index contributed by atoms with van der Waals surface area (Å²) in [6, 6.07) is 1.91. The van der Waals surface area contributed by atoms with Crippen molar-refractivity contribution in [2.45, 2.75) is 13.0 Å². The summed E-state index contributed by atoms with van der Waals surface area (Å²) in [5.41, 5.74) is 7.33. The quantitative estimate of drug-likeness (QED) is 0.613. The summed E-state index contributed by atoms with van der Waals surface area (Å²) >= 11 is 0. The van der Waals surface area contributed by atoms with Crippen LogP contribution in [0.4, 0.5) is 0 Å². The monoisotopic (exact) mass is 155 g/mol. The van der Waals surface area contributed by atoms with E-state index in [2.05, 4.69) is 5.10 Å². The molecular formula is C7H13N3O. The number of rotatable bonds is 3. The lowest BCUT2D eigenvalue weighted by molar-refractivity contribution is 0.298. The molecule has 1 rings (SSSR count).